The average molecular weight is 244 g/mol. The molecule has 0 saturated carbocycles. The molecule has 4 N–H and O–H groups in total. The first-order valence-corrected chi connectivity index (χ1v) is 5.76. The van der Waals surface area contributed by atoms with Crippen LogP contribution in [0.1, 0.15) is 35.7 Å². The van der Waals surface area contributed by atoms with Gasteiger partial charge in [0.25, 0.3) is 0 Å². The molecule has 0 aromatic heterocycles. The van der Waals surface area contributed by atoms with E-state index >= 15 is 0 Å². The molecule has 1 amide bonds. The Kier molecular flexibility index (Phi) is 6.49. The number of rotatable bonds is 2. The molecule has 1 aromatic carbocycles. The molecule has 0 aliphatic carbocycles. The van der Waals surface area contributed by atoms with Gasteiger partial charge in [0.2, 0.25) is 5.91 Å². The van der Waals surface area contributed by atoms with E-state index in [0.717, 1.165) is 5.56 Å². The van der Waals surface area contributed by atoms with Gasteiger partial charge in [0, 0.05) is 10.1 Å². The van der Waals surface area contributed by atoms with Crippen molar-refractivity contribution in [3.63, 3.8) is 0 Å². The molecule has 88 valence electrons. The number of benzene rings is 1. The van der Waals surface area contributed by atoms with Crippen LogP contribution in [0.2, 0.25) is 0 Å². The zero-order valence-electron chi connectivity index (χ0n) is 9.12. The number of carbonyl (C=O) groups is 1. The Labute approximate surface area is 94.9 Å². The van der Waals surface area contributed by atoms with Crippen LogP contribution >= 0.6 is 8.25 Å². The number of nitrogens with two attached hydrogens (primary N) is 1. The predicted molar refractivity (Wildman–Crippen MR) is 61.1 cm³/mol. The Bertz CT molecular complexity index is 375. The van der Waals surface area contributed by atoms with Gasteiger partial charge >= 0.3 is 8.25 Å². The minimum Gasteiger partial charge on any atom is -0.366 e. The Hall–Kier alpha value is -1.29. The topological polar surface area (TPSA) is 101 Å². The van der Waals surface area contributed by atoms with Gasteiger partial charge in [-0.25, -0.2) is 0 Å². The number of amides is 1. The van der Waals surface area contributed by atoms with Gasteiger partial charge in [0.1, 0.15) is 0 Å². The van der Waals surface area contributed by atoms with Crippen molar-refractivity contribution in [2.75, 3.05) is 0 Å². The summed E-state index contributed by atoms with van der Waals surface area (Å²) in [4.78, 5) is 25.2. The second-order valence-electron chi connectivity index (χ2n) is 3.36. The molecule has 0 atom stereocenters. The molecule has 0 radical (unpaired) electrons. The maximum absolute atomic E-state index is 10.9. The van der Waals surface area contributed by atoms with Crippen molar-refractivity contribution >= 4 is 14.2 Å². The third-order valence-corrected chi connectivity index (χ3v) is 1.85. The number of hydrogen-bond acceptors (Lipinski definition) is 2. The second-order valence-corrected chi connectivity index (χ2v) is 3.86. The molecule has 1 rings (SSSR count). The maximum atomic E-state index is 10.9. The largest absolute Gasteiger partial charge is 0.692 e. The van der Waals surface area contributed by atoms with E-state index in [-0.39, 0.29) is 5.91 Å². The normalized spacial score (nSPS) is 9.31. The molecule has 0 unspecified atom stereocenters. The molecule has 0 bridgehead atoms. The molecule has 0 spiro atoms. The number of primary amides is 1. The lowest BCUT2D eigenvalue weighted by molar-refractivity contribution is 0.0999. The molecular weight excluding hydrogens is 229 g/mol. The van der Waals surface area contributed by atoms with Crippen LogP contribution in [0.5, 0.6) is 0 Å². The van der Waals surface area contributed by atoms with E-state index in [4.69, 9.17) is 20.1 Å². The van der Waals surface area contributed by atoms with Crippen molar-refractivity contribution in [3.05, 3.63) is 35.4 Å². The van der Waals surface area contributed by atoms with E-state index in [1.807, 2.05) is 32.0 Å². The van der Waals surface area contributed by atoms with E-state index in [9.17, 15) is 4.79 Å². The molecule has 0 fully saturated rings. The summed E-state index contributed by atoms with van der Waals surface area (Å²) in [7, 11) is -2.87. The van der Waals surface area contributed by atoms with Crippen molar-refractivity contribution in [1.29, 1.82) is 0 Å². The lowest BCUT2D eigenvalue weighted by Crippen LogP contribution is -2.14. The van der Waals surface area contributed by atoms with E-state index in [1.54, 1.807) is 6.07 Å². The van der Waals surface area contributed by atoms with Crippen molar-refractivity contribution in [2.45, 2.75) is 19.8 Å². The Morgan fingerprint density at radius 2 is 1.75 bits per heavy atom. The summed E-state index contributed by atoms with van der Waals surface area (Å²) in [5.74, 6) is -0.00648. The summed E-state index contributed by atoms with van der Waals surface area (Å²) in [6.45, 7) is 4.09. The third-order valence-electron chi connectivity index (χ3n) is 1.85. The highest BCUT2D eigenvalue weighted by molar-refractivity contribution is 7.30. The van der Waals surface area contributed by atoms with Crippen LogP contribution in [0.4, 0.5) is 0 Å². The Morgan fingerprint density at radius 3 is 2.06 bits per heavy atom. The van der Waals surface area contributed by atoms with Crippen LogP contribution in [0.15, 0.2) is 24.3 Å². The zero-order chi connectivity index (χ0) is 12.7. The molecule has 0 heterocycles. The summed E-state index contributed by atoms with van der Waals surface area (Å²) in [6.07, 6.45) is 0. The van der Waals surface area contributed by atoms with Gasteiger partial charge in [-0.1, -0.05) is 32.0 Å². The highest BCUT2D eigenvalue weighted by Gasteiger charge is 2.08. The molecule has 6 heteroatoms. The van der Waals surface area contributed by atoms with Crippen molar-refractivity contribution in [2.24, 2.45) is 5.73 Å². The standard InChI is InChI=1S/C10H13NO.HO3P/c1-7(2)8-5-3-4-6-9(8)10(11)12;1-4(2)3/h3-7H,1-2H3,(H2,11,12);(H-,1,2,3)/p+1. The SMILES string of the molecule is CC(C)c1ccccc1C(N)=O.O=[P+](O)O. The summed E-state index contributed by atoms with van der Waals surface area (Å²) >= 11 is 0. The first-order valence-electron chi connectivity index (χ1n) is 4.60. The molecule has 0 saturated heterocycles. The third kappa shape index (κ3) is 5.56. The summed E-state index contributed by atoms with van der Waals surface area (Å²) in [5.41, 5.74) is 6.86. The highest BCUT2D eigenvalue weighted by atomic mass is 31.1. The van der Waals surface area contributed by atoms with Crippen LogP contribution in [-0.2, 0) is 4.57 Å². The van der Waals surface area contributed by atoms with Gasteiger partial charge in [-0.05, 0) is 17.5 Å². The van der Waals surface area contributed by atoms with E-state index < -0.39 is 8.25 Å². The van der Waals surface area contributed by atoms with E-state index in [0.29, 0.717) is 11.5 Å². The lowest BCUT2D eigenvalue weighted by Gasteiger charge is -2.08. The van der Waals surface area contributed by atoms with E-state index in [1.165, 1.54) is 0 Å². The van der Waals surface area contributed by atoms with Crippen molar-refractivity contribution in [3.8, 4) is 0 Å². The fraction of sp³-hybridized carbons (Fsp3) is 0.300. The van der Waals surface area contributed by atoms with Gasteiger partial charge in [-0.2, -0.15) is 0 Å². The summed E-state index contributed by atoms with van der Waals surface area (Å²) < 4.78 is 8.70. The van der Waals surface area contributed by atoms with Crippen LogP contribution in [0.3, 0.4) is 0 Å². The van der Waals surface area contributed by atoms with Crippen molar-refractivity contribution in [1.82, 2.24) is 0 Å². The quantitative estimate of drug-likeness (QED) is 0.687. The summed E-state index contributed by atoms with van der Waals surface area (Å²) in [6, 6.07) is 7.44. The molecule has 0 aliphatic heterocycles. The van der Waals surface area contributed by atoms with Crippen LogP contribution in [-0.4, -0.2) is 15.7 Å². The monoisotopic (exact) mass is 244 g/mol. The highest BCUT2D eigenvalue weighted by Crippen LogP contribution is 2.18. The van der Waals surface area contributed by atoms with Crippen molar-refractivity contribution < 1.29 is 19.1 Å². The Balaban J connectivity index is 0.000000487. The van der Waals surface area contributed by atoms with Gasteiger partial charge in [0.15, 0.2) is 0 Å². The average Bonchev–Trinajstić information content (AvgIpc) is 2.16. The maximum Gasteiger partial charge on any atom is 0.692 e. The van der Waals surface area contributed by atoms with Crippen LogP contribution in [0.25, 0.3) is 0 Å². The van der Waals surface area contributed by atoms with Gasteiger partial charge < -0.3 is 5.73 Å². The predicted octanol–water partition coefficient (Wildman–Crippen LogP) is 1.54. The molecule has 0 aliphatic rings. The minimum absolute atomic E-state index is 0.341. The number of hydrogen-bond donors (Lipinski definition) is 3. The second kappa shape index (κ2) is 7.06. The van der Waals surface area contributed by atoms with Gasteiger partial charge in [-0.3, -0.25) is 4.79 Å². The molecule has 5 nitrogen and oxygen atoms in total. The fourth-order valence-electron chi connectivity index (χ4n) is 1.22. The van der Waals surface area contributed by atoms with Crippen LogP contribution < -0.4 is 5.73 Å². The zero-order valence-corrected chi connectivity index (χ0v) is 10.0. The van der Waals surface area contributed by atoms with Crippen LogP contribution in [0, 0.1) is 0 Å². The van der Waals surface area contributed by atoms with Gasteiger partial charge in [0.05, 0.1) is 0 Å². The smallest absolute Gasteiger partial charge is 0.366 e. The summed E-state index contributed by atoms with van der Waals surface area (Å²) in [5, 5.41) is 0. The van der Waals surface area contributed by atoms with Gasteiger partial charge in [-0.15, -0.1) is 9.79 Å². The molecule has 16 heavy (non-hydrogen) atoms. The fourth-order valence-corrected chi connectivity index (χ4v) is 1.22. The lowest BCUT2D eigenvalue weighted by atomic mass is 9.97. The Morgan fingerprint density at radius 1 is 1.31 bits per heavy atom. The first-order chi connectivity index (χ1) is 7.36. The molecular formula is C10H15NO4P+. The molecule has 1 aromatic rings. The first kappa shape index (κ1) is 14.7. The number of carbonyl (C=O) groups excluding carboxylic acids is 1. The van der Waals surface area contributed by atoms with E-state index in [2.05, 4.69) is 0 Å². The minimum atomic E-state index is -2.87.